The topological polar surface area (TPSA) is 21.3 Å². The van der Waals surface area contributed by atoms with Gasteiger partial charge in [0.25, 0.3) is 0 Å². The zero-order valence-corrected chi connectivity index (χ0v) is 12.2. The Hall–Kier alpha value is -0.860. The molecule has 0 radical (unpaired) electrons. The maximum Gasteiger partial charge on any atom is 0.0505 e. The minimum absolute atomic E-state index is 0.552. The van der Waals surface area contributed by atoms with Crippen molar-refractivity contribution >= 4 is 0 Å². The molecule has 1 atom stereocenters. The van der Waals surface area contributed by atoms with Gasteiger partial charge < -0.3 is 10.1 Å². The van der Waals surface area contributed by atoms with Crippen molar-refractivity contribution in [2.45, 2.75) is 27.2 Å². The fourth-order valence-electron chi connectivity index (χ4n) is 2.06. The molecule has 0 amide bonds. The fraction of sp³-hybridized carbons (Fsp3) is 0.625. The van der Waals surface area contributed by atoms with E-state index in [0.29, 0.717) is 11.8 Å². The smallest absolute Gasteiger partial charge is 0.0505 e. The van der Waals surface area contributed by atoms with Crippen molar-refractivity contribution in [2.24, 2.45) is 11.8 Å². The number of ether oxygens (including phenoxy) is 1. The van der Waals surface area contributed by atoms with Crippen molar-refractivity contribution in [2.75, 3.05) is 26.8 Å². The van der Waals surface area contributed by atoms with Gasteiger partial charge >= 0.3 is 0 Å². The number of benzene rings is 1. The van der Waals surface area contributed by atoms with Crippen LogP contribution in [0.5, 0.6) is 0 Å². The molecule has 0 saturated heterocycles. The number of nitrogens with one attached hydrogen (secondary N) is 1. The van der Waals surface area contributed by atoms with E-state index < -0.39 is 0 Å². The van der Waals surface area contributed by atoms with E-state index in [1.165, 1.54) is 11.1 Å². The molecular formula is C16H27NO. The molecule has 18 heavy (non-hydrogen) atoms. The second kappa shape index (κ2) is 8.28. The van der Waals surface area contributed by atoms with Crippen molar-refractivity contribution in [3.63, 3.8) is 0 Å². The van der Waals surface area contributed by atoms with Gasteiger partial charge in [-0.1, -0.05) is 43.7 Å². The van der Waals surface area contributed by atoms with Crippen LogP contribution in [0.25, 0.3) is 0 Å². The Kier molecular flexibility index (Phi) is 6.99. The summed E-state index contributed by atoms with van der Waals surface area (Å²) in [6.07, 6.45) is 1.08. The SMILES string of the molecule is COCC(CNCC(C)C)Cc1ccc(C)cc1. The highest BCUT2D eigenvalue weighted by atomic mass is 16.5. The molecule has 0 aliphatic heterocycles. The normalized spacial score (nSPS) is 12.9. The summed E-state index contributed by atoms with van der Waals surface area (Å²) in [5.74, 6) is 1.25. The molecule has 0 bridgehead atoms. The quantitative estimate of drug-likeness (QED) is 0.764. The third-order valence-corrected chi connectivity index (χ3v) is 3.03. The lowest BCUT2D eigenvalue weighted by molar-refractivity contribution is 0.150. The second-order valence-corrected chi connectivity index (χ2v) is 5.56. The molecule has 0 aliphatic carbocycles. The average Bonchev–Trinajstić information content (AvgIpc) is 2.32. The van der Waals surface area contributed by atoms with E-state index in [2.05, 4.69) is 50.4 Å². The molecule has 102 valence electrons. The average molecular weight is 249 g/mol. The summed E-state index contributed by atoms with van der Waals surface area (Å²) >= 11 is 0. The minimum Gasteiger partial charge on any atom is -0.384 e. The van der Waals surface area contributed by atoms with Crippen LogP contribution >= 0.6 is 0 Å². The molecule has 0 fully saturated rings. The van der Waals surface area contributed by atoms with E-state index in [1.807, 2.05) is 0 Å². The zero-order chi connectivity index (χ0) is 13.4. The number of rotatable bonds is 8. The van der Waals surface area contributed by atoms with Gasteiger partial charge in [-0.05, 0) is 37.3 Å². The van der Waals surface area contributed by atoms with Crippen molar-refractivity contribution in [1.29, 1.82) is 0 Å². The Morgan fingerprint density at radius 1 is 1.11 bits per heavy atom. The second-order valence-electron chi connectivity index (χ2n) is 5.56. The van der Waals surface area contributed by atoms with Crippen LogP contribution in [0.1, 0.15) is 25.0 Å². The highest BCUT2D eigenvalue weighted by Gasteiger charge is 2.09. The molecule has 0 aliphatic rings. The van der Waals surface area contributed by atoms with Gasteiger partial charge in [0.2, 0.25) is 0 Å². The predicted octanol–water partition coefficient (Wildman–Crippen LogP) is 3.05. The lowest BCUT2D eigenvalue weighted by Crippen LogP contribution is -2.30. The van der Waals surface area contributed by atoms with Crippen LogP contribution in [0.15, 0.2) is 24.3 Å². The molecule has 0 aromatic heterocycles. The maximum absolute atomic E-state index is 5.32. The molecule has 1 unspecified atom stereocenters. The molecule has 1 N–H and O–H groups in total. The molecule has 0 heterocycles. The number of aryl methyl sites for hydroxylation is 1. The van der Waals surface area contributed by atoms with Crippen molar-refractivity contribution in [3.8, 4) is 0 Å². The van der Waals surface area contributed by atoms with Crippen LogP contribution in [0, 0.1) is 18.8 Å². The van der Waals surface area contributed by atoms with E-state index in [9.17, 15) is 0 Å². The predicted molar refractivity (Wildman–Crippen MR) is 78.0 cm³/mol. The molecule has 0 spiro atoms. The maximum atomic E-state index is 5.32. The van der Waals surface area contributed by atoms with E-state index >= 15 is 0 Å². The Morgan fingerprint density at radius 2 is 1.78 bits per heavy atom. The Balaban J connectivity index is 2.43. The third kappa shape index (κ3) is 6.18. The van der Waals surface area contributed by atoms with Crippen LogP contribution in [0.4, 0.5) is 0 Å². The standard InChI is InChI=1S/C16H27NO/c1-13(2)10-17-11-16(12-18-4)9-15-7-5-14(3)6-8-15/h5-8,13,16-17H,9-12H2,1-4H3. The van der Waals surface area contributed by atoms with E-state index in [1.54, 1.807) is 7.11 Å². The van der Waals surface area contributed by atoms with Gasteiger partial charge in [0, 0.05) is 13.7 Å². The minimum atomic E-state index is 0.552. The van der Waals surface area contributed by atoms with Crippen LogP contribution < -0.4 is 5.32 Å². The van der Waals surface area contributed by atoms with Crippen molar-refractivity contribution in [3.05, 3.63) is 35.4 Å². The summed E-state index contributed by atoms with van der Waals surface area (Å²) in [6.45, 7) is 9.52. The Bertz CT molecular complexity index is 318. The van der Waals surface area contributed by atoms with Crippen LogP contribution in [-0.2, 0) is 11.2 Å². The van der Waals surface area contributed by atoms with Gasteiger partial charge in [0.1, 0.15) is 0 Å². The van der Waals surface area contributed by atoms with Crippen LogP contribution in [0.2, 0.25) is 0 Å². The summed E-state index contributed by atoms with van der Waals surface area (Å²) in [6, 6.07) is 8.81. The molecule has 0 saturated carbocycles. The summed E-state index contributed by atoms with van der Waals surface area (Å²) in [7, 11) is 1.78. The van der Waals surface area contributed by atoms with Gasteiger partial charge in [-0.3, -0.25) is 0 Å². The zero-order valence-electron chi connectivity index (χ0n) is 12.2. The van der Waals surface area contributed by atoms with Crippen molar-refractivity contribution < 1.29 is 4.74 Å². The lowest BCUT2D eigenvalue weighted by Gasteiger charge is -2.18. The van der Waals surface area contributed by atoms with E-state index in [4.69, 9.17) is 4.74 Å². The summed E-state index contributed by atoms with van der Waals surface area (Å²) in [5.41, 5.74) is 2.72. The third-order valence-electron chi connectivity index (χ3n) is 3.03. The number of methoxy groups -OCH3 is 1. The number of hydrogen-bond donors (Lipinski definition) is 1. The van der Waals surface area contributed by atoms with Crippen LogP contribution in [0.3, 0.4) is 0 Å². The van der Waals surface area contributed by atoms with Gasteiger partial charge in [-0.15, -0.1) is 0 Å². The Morgan fingerprint density at radius 3 is 2.33 bits per heavy atom. The molecule has 1 aromatic rings. The summed E-state index contributed by atoms with van der Waals surface area (Å²) in [4.78, 5) is 0. The number of hydrogen-bond acceptors (Lipinski definition) is 2. The van der Waals surface area contributed by atoms with Crippen molar-refractivity contribution in [1.82, 2.24) is 5.32 Å². The first-order valence-corrected chi connectivity index (χ1v) is 6.87. The molecule has 2 heteroatoms. The highest BCUT2D eigenvalue weighted by Crippen LogP contribution is 2.10. The monoisotopic (exact) mass is 249 g/mol. The summed E-state index contributed by atoms with van der Waals surface area (Å²) < 4.78 is 5.32. The first-order chi connectivity index (χ1) is 8.61. The van der Waals surface area contributed by atoms with Gasteiger partial charge in [0.05, 0.1) is 6.61 Å². The Labute approximate surface area is 112 Å². The molecular weight excluding hydrogens is 222 g/mol. The summed E-state index contributed by atoms with van der Waals surface area (Å²) in [5, 5.41) is 3.52. The first-order valence-electron chi connectivity index (χ1n) is 6.87. The molecule has 1 aromatic carbocycles. The van der Waals surface area contributed by atoms with Crippen LogP contribution in [-0.4, -0.2) is 26.8 Å². The highest BCUT2D eigenvalue weighted by molar-refractivity contribution is 5.21. The largest absolute Gasteiger partial charge is 0.384 e. The molecule has 2 nitrogen and oxygen atoms in total. The van der Waals surface area contributed by atoms with Gasteiger partial charge in [-0.2, -0.15) is 0 Å². The van der Waals surface area contributed by atoms with Gasteiger partial charge in [-0.25, -0.2) is 0 Å². The van der Waals surface area contributed by atoms with E-state index in [0.717, 1.165) is 26.1 Å². The molecule has 1 rings (SSSR count). The fourth-order valence-corrected chi connectivity index (χ4v) is 2.06. The van der Waals surface area contributed by atoms with Gasteiger partial charge in [0.15, 0.2) is 0 Å². The first kappa shape index (κ1) is 15.2. The lowest BCUT2D eigenvalue weighted by atomic mass is 9.99. The van der Waals surface area contributed by atoms with E-state index in [-0.39, 0.29) is 0 Å².